The summed E-state index contributed by atoms with van der Waals surface area (Å²) >= 11 is 0. The molecule has 0 aromatic rings. The number of hydrogen-bond donors (Lipinski definition) is 2. The second kappa shape index (κ2) is 4.21. The highest BCUT2D eigenvalue weighted by atomic mass is 16.1. The molecule has 3 heteroatoms. The molecule has 0 aromatic carbocycles. The number of primary amides is 1. The van der Waals surface area contributed by atoms with Gasteiger partial charge >= 0.3 is 0 Å². The van der Waals surface area contributed by atoms with Crippen molar-refractivity contribution >= 4 is 5.91 Å². The fourth-order valence-corrected chi connectivity index (χ4v) is 5.88. The molecule has 4 fully saturated rings. The summed E-state index contributed by atoms with van der Waals surface area (Å²) in [6, 6.07) is 0. The van der Waals surface area contributed by atoms with Crippen LogP contribution in [-0.4, -0.2) is 11.4 Å². The first kappa shape index (κ1) is 13.4. The van der Waals surface area contributed by atoms with E-state index in [0.29, 0.717) is 5.92 Å². The normalized spacial score (nSPS) is 43.5. The van der Waals surface area contributed by atoms with Crippen LogP contribution in [0.25, 0.3) is 0 Å². The molecule has 0 saturated heterocycles. The molecule has 108 valence electrons. The number of carbonyl (C=O) groups is 1. The standard InChI is InChI=1S/C16H28N2O/c1-10(2)6-16(18,14(17)19)15-7-11-3-12(8-15)5-13(4-11)9-15/h10-13H,3-9,18H2,1-2H3,(H2,17,19). The molecule has 0 spiro atoms. The van der Waals surface area contributed by atoms with Crippen molar-refractivity contribution in [3.05, 3.63) is 0 Å². The zero-order chi connectivity index (χ0) is 13.8. The molecule has 0 aromatic heterocycles. The van der Waals surface area contributed by atoms with Crippen LogP contribution in [0.1, 0.15) is 58.8 Å². The Balaban J connectivity index is 1.95. The third-order valence-electron chi connectivity index (χ3n) is 6.15. The minimum absolute atomic E-state index is 0.0118. The maximum Gasteiger partial charge on any atom is 0.238 e. The van der Waals surface area contributed by atoms with E-state index in [1.165, 1.54) is 19.3 Å². The van der Waals surface area contributed by atoms with Crippen LogP contribution < -0.4 is 11.5 Å². The lowest BCUT2D eigenvalue weighted by molar-refractivity contribution is -0.144. The monoisotopic (exact) mass is 264 g/mol. The lowest BCUT2D eigenvalue weighted by Crippen LogP contribution is -2.68. The van der Waals surface area contributed by atoms with Crippen molar-refractivity contribution < 1.29 is 4.79 Å². The van der Waals surface area contributed by atoms with Crippen LogP contribution in [0.3, 0.4) is 0 Å². The Morgan fingerprint density at radius 3 is 1.89 bits per heavy atom. The maximum atomic E-state index is 12.2. The molecule has 4 aliphatic rings. The van der Waals surface area contributed by atoms with Crippen molar-refractivity contribution in [2.45, 2.75) is 64.3 Å². The second-order valence-corrected chi connectivity index (χ2v) is 8.13. The Morgan fingerprint density at radius 2 is 1.58 bits per heavy atom. The van der Waals surface area contributed by atoms with Crippen LogP contribution in [-0.2, 0) is 4.79 Å². The third-order valence-corrected chi connectivity index (χ3v) is 6.15. The van der Waals surface area contributed by atoms with Crippen molar-refractivity contribution in [2.24, 2.45) is 40.6 Å². The van der Waals surface area contributed by atoms with E-state index in [-0.39, 0.29) is 11.3 Å². The quantitative estimate of drug-likeness (QED) is 0.818. The Labute approximate surface area is 116 Å². The highest BCUT2D eigenvalue weighted by molar-refractivity contribution is 5.85. The molecule has 3 nitrogen and oxygen atoms in total. The maximum absolute atomic E-state index is 12.2. The molecule has 19 heavy (non-hydrogen) atoms. The van der Waals surface area contributed by atoms with E-state index in [2.05, 4.69) is 13.8 Å². The fourth-order valence-electron chi connectivity index (χ4n) is 5.88. The van der Waals surface area contributed by atoms with E-state index in [1.54, 1.807) is 0 Å². The Kier molecular flexibility index (Phi) is 2.97. The molecule has 1 atom stereocenters. The Morgan fingerprint density at radius 1 is 1.16 bits per heavy atom. The topological polar surface area (TPSA) is 69.1 Å². The molecule has 4 rings (SSSR count). The van der Waals surface area contributed by atoms with Gasteiger partial charge in [0.05, 0.1) is 0 Å². The summed E-state index contributed by atoms with van der Waals surface area (Å²) in [4.78, 5) is 12.2. The minimum Gasteiger partial charge on any atom is -0.368 e. The zero-order valence-corrected chi connectivity index (χ0v) is 12.3. The van der Waals surface area contributed by atoms with Gasteiger partial charge in [-0.1, -0.05) is 13.8 Å². The lowest BCUT2D eigenvalue weighted by Gasteiger charge is -2.62. The van der Waals surface area contributed by atoms with Gasteiger partial charge in [-0.3, -0.25) is 4.79 Å². The van der Waals surface area contributed by atoms with Gasteiger partial charge in [0.25, 0.3) is 0 Å². The average molecular weight is 264 g/mol. The van der Waals surface area contributed by atoms with E-state index in [4.69, 9.17) is 11.5 Å². The van der Waals surface area contributed by atoms with E-state index < -0.39 is 5.54 Å². The zero-order valence-electron chi connectivity index (χ0n) is 12.3. The number of nitrogens with two attached hydrogens (primary N) is 2. The molecule has 0 radical (unpaired) electrons. The van der Waals surface area contributed by atoms with Crippen molar-refractivity contribution in [3.8, 4) is 0 Å². The molecule has 4 aliphatic carbocycles. The van der Waals surface area contributed by atoms with Crippen molar-refractivity contribution in [2.75, 3.05) is 0 Å². The van der Waals surface area contributed by atoms with Gasteiger partial charge in [-0.15, -0.1) is 0 Å². The molecule has 4 bridgehead atoms. The summed E-state index contributed by atoms with van der Waals surface area (Å²) in [7, 11) is 0. The van der Waals surface area contributed by atoms with Crippen molar-refractivity contribution in [3.63, 3.8) is 0 Å². The number of rotatable bonds is 4. The molecule has 1 unspecified atom stereocenters. The number of hydrogen-bond acceptors (Lipinski definition) is 2. The largest absolute Gasteiger partial charge is 0.368 e. The predicted molar refractivity (Wildman–Crippen MR) is 76.2 cm³/mol. The summed E-state index contributed by atoms with van der Waals surface area (Å²) in [6.07, 6.45) is 8.29. The van der Waals surface area contributed by atoms with Crippen LogP contribution in [0.4, 0.5) is 0 Å². The number of carbonyl (C=O) groups excluding carboxylic acids is 1. The fraction of sp³-hybridized carbons (Fsp3) is 0.938. The number of amides is 1. The second-order valence-electron chi connectivity index (χ2n) is 8.13. The minimum atomic E-state index is -0.781. The molecule has 0 heterocycles. The van der Waals surface area contributed by atoms with E-state index in [9.17, 15) is 4.79 Å². The van der Waals surface area contributed by atoms with Crippen molar-refractivity contribution in [1.29, 1.82) is 0 Å². The van der Waals surface area contributed by atoms with Crippen LogP contribution in [0.5, 0.6) is 0 Å². The van der Waals surface area contributed by atoms with Gasteiger partial charge in [0, 0.05) is 0 Å². The van der Waals surface area contributed by atoms with E-state index in [1.807, 2.05) is 0 Å². The molecule has 4 N–H and O–H groups in total. The highest BCUT2D eigenvalue weighted by Gasteiger charge is 2.61. The van der Waals surface area contributed by atoms with Gasteiger partial charge in [0.2, 0.25) is 5.91 Å². The summed E-state index contributed by atoms with van der Waals surface area (Å²) in [6.45, 7) is 4.29. The molecule has 0 aliphatic heterocycles. The van der Waals surface area contributed by atoms with Gasteiger partial charge in [-0.2, -0.15) is 0 Å². The summed E-state index contributed by atoms with van der Waals surface area (Å²) in [5.74, 6) is 2.58. The van der Waals surface area contributed by atoms with Crippen molar-refractivity contribution in [1.82, 2.24) is 0 Å². The van der Waals surface area contributed by atoms with Gasteiger partial charge in [-0.05, 0) is 74.0 Å². The highest BCUT2D eigenvalue weighted by Crippen LogP contribution is 2.63. The van der Waals surface area contributed by atoms with E-state index in [0.717, 1.165) is 43.4 Å². The Bertz CT molecular complexity index is 355. The molecular weight excluding hydrogens is 236 g/mol. The first-order valence-electron chi connectivity index (χ1n) is 7.93. The Hall–Kier alpha value is -0.570. The first-order chi connectivity index (χ1) is 8.84. The van der Waals surface area contributed by atoms with E-state index >= 15 is 0 Å². The van der Waals surface area contributed by atoms with Gasteiger partial charge in [-0.25, -0.2) is 0 Å². The summed E-state index contributed by atoms with van der Waals surface area (Å²) in [5, 5.41) is 0. The predicted octanol–water partition coefficient (Wildman–Crippen LogP) is 2.43. The third kappa shape index (κ3) is 1.93. The smallest absolute Gasteiger partial charge is 0.238 e. The first-order valence-corrected chi connectivity index (χ1v) is 7.93. The molecule has 4 saturated carbocycles. The van der Waals surface area contributed by atoms with Crippen LogP contribution in [0.15, 0.2) is 0 Å². The van der Waals surface area contributed by atoms with Gasteiger partial charge < -0.3 is 11.5 Å². The van der Waals surface area contributed by atoms with Gasteiger partial charge in [0.15, 0.2) is 0 Å². The van der Waals surface area contributed by atoms with Crippen LogP contribution >= 0.6 is 0 Å². The molecule has 1 amide bonds. The van der Waals surface area contributed by atoms with Crippen LogP contribution in [0, 0.1) is 29.1 Å². The average Bonchev–Trinajstić information content (AvgIpc) is 2.25. The van der Waals surface area contributed by atoms with Gasteiger partial charge in [0.1, 0.15) is 5.54 Å². The lowest BCUT2D eigenvalue weighted by atomic mass is 9.44. The summed E-state index contributed by atoms with van der Waals surface area (Å²) in [5.41, 5.74) is 11.7. The van der Waals surface area contributed by atoms with Crippen LogP contribution in [0.2, 0.25) is 0 Å². The summed E-state index contributed by atoms with van der Waals surface area (Å²) < 4.78 is 0. The SMILES string of the molecule is CC(C)CC(N)(C(N)=O)C12CC3CC(CC(C3)C1)C2. The molecular formula is C16H28N2O.